The SMILES string of the molecule is CCC(CC)(CN)C(=O)NCc1nnc2ccccn12.Cl.Cl. The maximum absolute atomic E-state index is 12.3. The smallest absolute Gasteiger partial charge is 0.227 e. The lowest BCUT2D eigenvalue weighted by molar-refractivity contribution is -0.131. The van der Waals surface area contributed by atoms with Crippen molar-refractivity contribution in [1.29, 1.82) is 0 Å². The lowest BCUT2D eigenvalue weighted by Gasteiger charge is -2.28. The van der Waals surface area contributed by atoms with E-state index in [-0.39, 0.29) is 30.7 Å². The number of pyridine rings is 1. The molecule has 8 heteroatoms. The highest BCUT2D eigenvalue weighted by atomic mass is 35.5. The molecule has 0 atom stereocenters. The highest BCUT2D eigenvalue weighted by Crippen LogP contribution is 2.25. The first-order valence-corrected chi connectivity index (χ1v) is 6.94. The zero-order valence-electron chi connectivity index (χ0n) is 12.8. The minimum Gasteiger partial charge on any atom is -0.348 e. The fourth-order valence-electron chi connectivity index (χ4n) is 2.31. The number of rotatable bonds is 6. The van der Waals surface area contributed by atoms with Crippen LogP contribution in [0.15, 0.2) is 24.4 Å². The van der Waals surface area contributed by atoms with Crippen LogP contribution in [-0.4, -0.2) is 27.0 Å². The van der Waals surface area contributed by atoms with Crippen LogP contribution in [0.2, 0.25) is 0 Å². The maximum Gasteiger partial charge on any atom is 0.227 e. The van der Waals surface area contributed by atoms with Gasteiger partial charge in [-0.1, -0.05) is 19.9 Å². The number of hydrogen-bond donors (Lipinski definition) is 2. The zero-order valence-corrected chi connectivity index (χ0v) is 14.4. The van der Waals surface area contributed by atoms with E-state index in [0.717, 1.165) is 18.5 Å². The summed E-state index contributed by atoms with van der Waals surface area (Å²) in [4.78, 5) is 12.3. The Bertz CT molecular complexity index is 589. The number of carbonyl (C=O) groups excluding carboxylic acids is 1. The summed E-state index contributed by atoms with van der Waals surface area (Å²) in [7, 11) is 0. The molecule has 124 valence electrons. The molecular weight excluding hydrogens is 325 g/mol. The number of nitrogens with one attached hydrogen (secondary N) is 1. The summed E-state index contributed by atoms with van der Waals surface area (Å²) in [5.41, 5.74) is 6.06. The Balaban J connectivity index is 0.00000220. The van der Waals surface area contributed by atoms with Gasteiger partial charge in [-0.15, -0.1) is 35.0 Å². The molecule has 1 amide bonds. The van der Waals surface area contributed by atoms with E-state index in [1.807, 2.05) is 42.6 Å². The summed E-state index contributed by atoms with van der Waals surface area (Å²) in [6, 6.07) is 5.69. The molecule has 0 fully saturated rings. The minimum atomic E-state index is -0.486. The van der Waals surface area contributed by atoms with Gasteiger partial charge in [-0.3, -0.25) is 9.20 Å². The fourth-order valence-corrected chi connectivity index (χ4v) is 2.31. The summed E-state index contributed by atoms with van der Waals surface area (Å²) >= 11 is 0. The second kappa shape index (κ2) is 8.92. The molecule has 2 heterocycles. The first kappa shape index (κ1) is 20.6. The normalized spacial score (nSPS) is 10.7. The third-order valence-corrected chi connectivity index (χ3v) is 4.02. The van der Waals surface area contributed by atoms with E-state index >= 15 is 0 Å². The molecule has 2 rings (SSSR count). The summed E-state index contributed by atoms with van der Waals surface area (Å²) < 4.78 is 1.86. The van der Waals surface area contributed by atoms with E-state index in [1.165, 1.54) is 0 Å². The Morgan fingerprint density at radius 2 is 1.95 bits per heavy atom. The third kappa shape index (κ3) is 3.88. The van der Waals surface area contributed by atoms with Gasteiger partial charge >= 0.3 is 0 Å². The van der Waals surface area contributed by atoms with Crippen molar-refractivity contribution in [3.05, 3.63) is 30.2 Å². The van der Waals surface area contributed by atoms with E-state index in [0.29, 0.717) is 18.9 Å². The molecule has 2 aromatic heterocycles. The molecule has 6 nitrogen and oxygen atoms in total. The molecule has 0 aliphatic heterocycles. The summed E-state index contributed by atoms with van der Waals surface area (Å²) in [6.45, 7) is 4.68. The van der Waals surface area contributed by atoms with Gasteiger partial charge in [-0.2, -0.15) is 0 Å². The van der Waals surface area contributed by atoms with Crippen molar-refractivity contribution in [3.63, 3.8) is 0 Å². The number of nitrogens with zero attached hydrogens (tertiary/aromatic N) is 3. The van der Waals surface area contributed by atoms with Crippen molar-refractivity contribution in [2.75, 3.05) is 6.54 Å². The van der Waals surface area contributed by atoms with Crippen molar-refractivity contribution in [2.45, 2.75) is 33.2 Å². The Morgan fingerprint density at radius 1 is 1.27 bits per heavy atom. The molecular formula is C14H23Cl2N5O. The molecule has 0 radical (unpaired) electrons. The van der Waals surface area contributed by atoms with Gasteiger partial charge in [0.15, 0.2) is 11.5 Å². The van der Waals surface area contributed by atoms with Gasteiger partial charge in [-0.05, 0) is 25.0 Å². The molecule has 0 bridgehead atoms. The number of aromatic nitrogens is 3. The molecule has 0 saturated heterocycles. The number of amides is 1. The fraction of sp³-hybridized carbons (Fsp3) is 0.500. The van der Waals surface area contributed by atoms with Crippen LogP contribution in [0, 0.1) is 5.41 Å². The standard InChI is InChI=1S/C14H21N5O.2ClH/c1-3-14(4-2,10-15)13(20)16-9-12-18-17-11-7-5-6-8-19(11)12;;/h5-8H,3-4,9-10,15H2,1-2H3,(H,16,20);2*1H. The summed E-state index contributed by atoms with van der Waals surface area (Å²) in [6.07, 6.45) is 3.34. The van der Waals surface area contributed by atoms with Crippen molar-refractivity contribution in [3.8, 4) is 0 Å². The second-order valence-electron chi connectivity index (χ2n) is 4.92. The number of fused-ring (bicyclic) bond motifs is 1. The predicted octanol–water partition coefficient (Wildman–Crippen LogP) is 1.95. The monoisotopic (exact) mass is 347 g/mol. The van der Waals surface area contributed by atoms with E-state index in [9.17, 15) is 4.79 Å². The molecule has 0 unspecified atom stereocenters. The Hall–Kier alpha value is -1.37. The number of carbonyl (C=O) groups is 1. The molecule has 3 N–H and O–H groups in total. The van der Waals surface area contributed by atoms with Gasteiger partial charge in [-0.25, -0.2) is 0 Å². The number of hydrogen-bond acceptors (Lipinski definition) is 4. The van der Waals surface area contributed by atoms with E-state index in [4.69, 9.17) is 5.73 Å². The first-order valence-electron chi connectivity index (χ1n) is 6.94. The zero-order chi connectivity index (χ0) is 14.6. The van der Waals surface area contributed by atoms with Crippen LogP contribution in [0.1, 0.15) is 32.5 Å². The average molecular weight is 348 g/mol. The van der Waals surface area contributed by atoms with Crippen molar-refractivity contribution in [1.82, 2.24) is 19.9 Å². The molecule has 22 heavy (non-hydrogen) atoms. The van der Waals surface area contributed by atoms with Crippen LogP contribution in [0.3, 0.4) is 0 Å². The van der Waals surface area contributed by atoms with Crippen LogP contribution >= 0.6 is 24.8 Å². The molecule has 0 saturated carbocycles. The maximum atomic E-state index is 12.3. The van der Waals surface area contributed by atoms with E-state index in [1.54, 1.807) is 0 Å². The summed E-state index contributed by atoms with van der Waals surface area (Å²) in [5, 5.41) is 11.1. The highest BCUT2D eigenvalue weighted by molar-refractivity contribution is 5.85. The van der Waals surface area contributed by atoms with Crippen LogP contribution in [-0.2, 0) is 11.3 Å². The Morgan fingerprint density at radius 3 is 2.55 bits per heavy atom. The largest absolute Gasteiger partial charge is 0.348 e. The van der Waals surface area contributed by atoms with E-state index in [2.05, 4.69) is 15.5 Å². The van der Waals surface area contributed by atoms with Gasteiger partial charge in [0.25, 0.3) is 0 Å². The predicted molar refractivity (Wildman–Crippen MR) is 91.4 cm³/mol. The summed E-state index contributed by atoms with van der Waals surface area (Å²) in [5.74, 6) is 0.699. The lowest BCUT2D eigenvalue weighted by Crippen LogP contribution is -2.45. The van der Waals surface area contributed by atoms with Gasteiger partial charge in [0, 0.05) is 12.7 Å². The molecule has 2 aromatic rings. The van der Waals surface area contributed by atoms with Crippen molar-refractivity contribution in [2.24, 2.45) is 11.1 Å². The topological polar surface area (TPSA) is 85.3 Å². The second-order valence-corrected chi connectivity index (χ2v) is 4.92. The molecule has 0 aliphatic rings. The Labute approximate surface area is 142 Å². The van der Waals surface area contributed by atoms with Crippen molar-refractivity contribution >= 4 is 36.4 Å². The Kier molecular flexibility index (Phi) is 8.37. The quantitative estimate of drug-likeness (QED) is 0.836. The first-order chi connectivity index (χ1) is 9.66. The van der Waals surface area contributed by atoms with Gasteiger partial charge in [0.1, 0.15) is 0 Å². The molecule has 0 aliphatic carbocycles. The average Bonchev–Trinajstić information content (AvgIpc) is 2.91. The van der Waals surface area contributed by atoms with E-state index < -0.39 is 5.41 Å². The lowest BCUT2D eigenvalue weighted by atomic mass is 9.81. The van der Waals surface area contributed by atoms with Crippen LogP contribution in [0.25, 0.3) is 5.65 Å². The number of nitrogens with two attached hydrogens (primary N) is 1. The minimum absolute atomic E-state index is 0. The van der Waals surface area contributed by atoms with Crippen LogP contribution in [0.4, 0.5) is 0 Å². The van der Waals surface area contributed by atoms with Gasteiger partial charge < -0.3 is 11.1 Å². The van der Waals surface area contributed by atoms with Gasteiger partial charge in [0.05, 0.1) is 12.0 Å². The van der Waals surface area contributed by atoms with Gasteiger partial charge in [0.2, 0.25) is 5.91 Å². The third-order valence-electron chi connectivity index (χ3n) is 4.02. The van der Waals surface area contributed by atoms with Crippen LogP contribution < -0.4 is 11.1 Å². The molecule has 0 aromatic carbocycles. The van der Waals surface area contributed by atoms with Crippen LogP contribution in [0.5, 0.6) is 0 Å². The highest BCUT2D eigenvalue weighted by Gasteiger charge is 2.33. The molecule has 0 spiro atoms. The van der Waals surface area contributed by atoms with Crippen molar-refractivity contribution < 1.29 is 4.79 Å². The number of halogens is 2.